The summed E-state index contributed by atoms with van der Waals surface area (Å²) in [6.45, 7) is 2.98. The number of aromatic nitrogens is 1. The van der Waals surface area contributed by atoms with Gasteiger partial charge in [-0.05, 0) is 30.7 Å². The van der Waals surface area contributed by atoms with Crippen LogP contribution in [0.5, 0.6) is 0 Å². The maximum absolute atomic E-state index is 12.0. The smallest absolute Gasteiger partial charge is 0.227 e. The summed E-state index contributed by atoms with van der Waals surface area (Å²) in [4.78, 5) is 22.5. The summed E-state index contributed by atoms with van der Waals surface area (Å²) >= 11 is 6.20. The molecule has 0 atom stereocenters. The van der Waals surface area contributed by atoms with E-state index in [1.165, 1.54) is 0 Å². The fourth-order valence-electron chi connectivity index (χ4n) is 2.45. The zero-order valence-electron chi connectivity index (χ0n) is 15.3. The first-order valence-electron chi connectivity index (χ1n) is 8.38. The van der Waals surface area contributed by atoms with E-state index in [1.54, 1.807) is 13.1 Å². The van der Waals surface area contributed by atoms with Crippen molar-refractivity contribution in [1.29, 1.82) is 0 Å². The van der Waals surface area contributed by atoms with Crippen LogP contribution in [0, 0.1) is 6.92 Å². The third-order valence-corrected chi connectivity index (χ3v) is 4.10. The fourth-order valence-corrected chi connectivity index (χ4v) is 2.64. The normalized spacial score (nSPS) is 11.2. The molecule has 7 heteroatoms. The molecule has 1 aromatic carbocycles. The molecule has 6 nitrogen and oxygen atoms in total. The predicted molar refractivity (Wildman–Crippen MR) is 107 cm³/mol. The van der Waals surface area contributed by atoms with Gasteiger partial charge in [-0.3, -0.25) is 9.79 Å². The van der Waals surface area contributed by atoms with Crippen molar-refractivity contribution < 1.29 is 4.79 Å². The van der Waals surface area contributed by atoms with Crippen molar-refractivity contribution in [2.45, 2.75) is 19.9 Å². The van der Waals surface area contributed by atoms with Crippen LogP contribution in [0.3, 0.4) is 0 Å². The molecule has 0 saturated heterocycles. The molecule has 0 radical (unpaired) electrons. The van der Waals surface area contributed by atoms with Gasteiger partial charge in [0.05, 0.1) is 0 Å². The van der Waals surface area contributed by atoms with Gasteiger partial charge in [-0.15, -0.1) is 0 Å². The molecule has 0 spiro atoms. The monoisotopic (exact) mass is 373 g/mol. The Balaban J connectivity index is 1.81. The molecular weight excluding hydrogens is 350 g/mol. The van der Waals surface area contributed by atoms with Crippen molar-refractivity contribution in [2.75, 3.05) is 26.0 Å². The Hall–Kier alpha value is -2.60. The van der Waals surface area contributed by atoms with Crippen LogP contribution in [-0.2, 0) is 11.3 Å². The number of hydrogen-bond acceptors (Lipinski definition) is 3. The second-order valence-electron chi connectivity index (χ2n) is 5.88. The number of halogens is 1. The zero-order chi connectivity index (χ0) is 18.9. The van der Waals surface area contributed by atoms with Crippen molar-refractivity contribution >= 4 is 29.3 Å². The molecule has 1 amide bonds. The van der Waals surface area contributed by atoms with Gasteiger partial charge >= 0.3 is 0 Å². The van der Waals surface area contributed by atoms with Crippen molar-refractivity contribution in [3.8, 4) is 0 Å². The average molecular weight is 374 g/mol. The van der Waals surface area contributed by atoms with E-state index < -0.39 is 0 Å². The summed E-state index contributed by atoms with van der Waals surface area (Å²) in [5.41, 5.74) is 1.88. The summed E-state index contributed by atoms with van der Waals surface area (Å²) in [5.74, 6) is 1.17. The fraction of sp³-hybridized carbons (Fsp3) is 0.316. The number of anilines is 1. The van der Waals surface area contributed by atoms with Crippen molar-refractivity contribution in [3.05, 3.63) is 58.7 Å². The molecule has 2 rings (SSSR count). The van der Waals surface area contributed by atoms with Gasteiger partial charge in [-0.1, -0.05) is 35.9 Å². The lowest BCUT2D eigenvalue weighted by molar-refractivity contribution is -0.116. The van der Waals surface area contributed by atoms with E-state index in [1.807, 2.05) is 55.3 Å². The first-order chi connectivity index (χ1) is 12.5. The Kier molecular flexibility index (Phi) is 7.41. The lowest BCUT2D eigenvalue weighted by Crippen LogP contribution is -2.39. The van der Waals surface area contributed by atoms with Crippen LogP contribution in [0.25, 0.3) is 0 Å². The van der Waals surface area contributed by atoms with Crippen LogP contribution < -0.4 is 10.6 Å². The molecule has 1 heterocycles. The number of nitrogens with zero attached hydrogens (tertiary/aromatic N) is 3. The number of carbonyl (C=O) groups is 1. The molecule has 0 saturated carbocycles. The van der Waals surface area contributed by atoms with Crippen LogP contribution in [-0.4, -0.2) is 42.4 Å². The minimum atomic E-state index is -0.0974. The number of benzene rings is 1. The number of aliphatic imine (C=N–C) groups is 1. The predicted octanol–water partition coefficient (Wildman–Crippen LogP) is 3.08. The van der Waals surface area contributed by atoms with Gasteiger partial charge in [0.1, 0.15) is 5.82 Å². The molecule has 0 fully saturated rings. The highest BCUT2D eigenvalue weighted by Crippen LogP contribution is 2.16. The minimum absolute atomic E-state index is 0.0974. The molecule has 0 aliphatic heterocycles. The third kappa shape index (κ3) is 6.04. The highest BCUT2D eigenvalue weighted by atomic mass is 35.5. The molecule has 1 aromatic heterocycles. The Bertz CT molecular complexity index is 778. The second kappa shape index (κ2) is 9.77. The first kappa shape index (κ1) is 19.7. The van der Waals surface area contributed by atoms with Crippen LogP contribution in [0.2, 0.25) is 5.02 Å². The van der Waals surface area contributed by atoms with Gasteiger partial charge in [0.15, 0.2) is 5.96 Å². The highest BCUT2D eigenvalue weighted by Gasteiger charge is 2.10. The maximum Gasteiger partial charge on any atom is 0.227 e. The van der Waals surface area contributed by atoms with Gasteiger partial charge in [-0.25, -0.2) is 4.98 Å². The van der Waals surface area contributed by atoms with Gasteiger partial charge in [0, 0.05) is 44.3 Å². The van der Waals surface area contributed by atoms with Crippen LogP contribution >= 0.6 is 11.6 Å². The van der Waals surface area contributed by atoms with E-state index in [9.17, 15) is 4.79 Å². The number of guanidine groups is 1. The molecule has 0 bridgehead atoms. The molecule has 0 unspecified atom stereocenters. The number of hydrogen-bond donors (Lipinski definition) is 2. The summed E-state index contributed by atoms with van der Waals surface area (Å²) in [7, 11) is 3.64. The van der Waals surface area contributed by atoms with Gasteiger partial charge < -0.3 is 15.5 Å². The lowest BCUT2D eigenvalue weighted by Gasteiger charge is -2.22. The van der Waals surface area contributed by atoms with E-state index in [4.69, 9.17) is 11.6 Å². The van der Waals surface area contributed by atoms with Gasteiger partial charge in [0.2, 0.25) is 5.91 Å². The molecule has 0 aliphatic carbocycles. The number of carbonyl (C=O) groups excluding carboxylic acids is 1. The topological polar surface area (TPSA) is 69.6 Å². The van der Waals surface area contributed by atoms with Crippen LogP contribution in [0.15, 0.2) is 47.5 Å². The van der Waals surface area contributed by atoms with Gasteiger partial charge in [-0.2, -0.15) is 0 Å². The van der Waals surface area contributed by atoms with Crippen LogP contribution in [0.4, 0.5) is 5.82 Å². The van der Waals surface area contributed by atoms with E-state index >= 15 is 0 Å². The Morgan fingerprint density at radius 2 is 2.00 bits per heavy atom. The number of pyridine rings is 1. The number of nitrogens with one attached hydrogen (secondary N) is 2. The molecular formula is C19H24ClN5O. The summed E-state index contributed by atoms with van der Waals surface area (Å²) in [6, 6.07) is 13.2. The molecule has 2 aromatic rings. The van der Waals surface area contributed by atoms with E-state index in [0.29, 0.717) is 31.3 Å². The number of rotatable bonds is 6. The van der Waals surface area contributed by atoms with Crippen molar-refractivity contribution in [3.63, 3.8) is 0 Å². The molecule has 26 heavy (non-hydrogen) atoms. The second-order valence-corrected chi connectivity index (χ2v) is 6.29. The van der Waals surface area contributed by atoms with Crippen molar-refractivity contribution in [2.24, 2.45) is 4.99 Å². The molecule has 2 N–H and O–H groups in total. The van der Waals surface area contributed by atoms with E-state index in [0.717, 1.165) is 16.3 Å². The summed E-state index contributed by atoms with van der Waals surface area (Å²) < 4.78 is 0. The maximum atomic E-state index is 12.0. The largest absolute Gasteiger partial charge is 0.356 e. The Morgan fingerprint density at radius 1 is 1.23 bits per heavy atom. The zero-order valence-corrected chi connectivity index (χ0v) is 16.0. The van der Waals surface area contributed by atoms with Crippen LogP contribution in [0.1, 0.15) is 17.7 Å². The van der Waals surface area contributed by atoms with E-state index in [-0.39, 0.29) is 5.91 Å². The minimum Gasteiger partial charge on any atom is -0.356 e. The third-order valence-electron chi connectivity index (χ3n) is 3.73. The summed E-state index contributed by atoms with van der Waals surface area (Å²) in [6.07, 6.45) is 0.314. The van der Waals surface area contributed by atoms with Gasteiger partial charge in [0.25, 0.3) is 0 Å². The molecule has 138 valence electrons. The number of aryl methyl sites for hydroxylation is 1. The summed E-state index contributed by atoms with van der Waals surface area (Å²) in [5, 5.41) is 6.70. The Morgan fingerprint density at radius 3 is 2.69 bits per heavy atom. The molecule has 0 aliphatic rings. The first-order valence-corrected chi connectivity index (χ1v) is 8.76. The number of amides is 1. The lowest BCUT2D eigenvalue weighted by atomic mass is 10.2. The van der Waals surface area contributed by atoms with E-state index in [2.05, 4.69) is 20.6 Å². The SMILES string of the molecule is CN=C(NCCC(=O)Nc1cccc(C)n1)N(C)Cc1ccccc1Cl. The Labute approximate surface area is 159 Å². The average Bonchev–Trinajstić information content (AvgIpc) is 2.60. The highest BCUT2D eigenvalue weighted by molar-refractivity contribution is 6.31. The standard InChI is InChI=1S/C19H24ClN5O/c1-14-7-6-10-17(23-14)24-18(26)11-12-22-19(21-2)25(3)13-15-8-4-5-9-16(15)20/h4-10H,11-13H2,1-3H3,(H,21,22)(H,23,24,26). The van der Waals surface area contributed by atoms with Crippen molar-refractivity contribution in [1.82, 2.24) is 15.2 Å². The quantitative estimate of drug-likeness (QED) is 0.603.